The number of nitrogens with one attached hydrogen (secondary N) is 1. The lowest BCUT2D eigenvalue weighted by Gasteiger charge is -2.63. The van der Waals surface area contributed by atoms with Crippen LogP contribution in [0.15, 0.2) is 30.3 Å². The van der Waals surface area contributed by atoms with Gasteiger partial charge in [0.15, 0.2) is 5.78 Å². The van der Waals surface area contributed by atoms with Crippen LogP contribution in [-0.2, 0) is 15.5 Å². The molecule has 3 aliphatic carbocycles. The summed E-state index contributed by atoms with van der Waals surface area (Å²) in [4.78, 5) is 25.8. The Morgan fingerprint density at radius 2 is 2.00 bits per heavy atom. The molecule has 6 nitrogen and oxygen atoms in total. The number of benzene rings is 2. The lowest BCUT2D eigenvalue weighted by molar-refractivity contribution is -0.672. The van der Waals surface area contributed by atoms with E-state index in [0.717, 1.165) is 36.3 Å². The summed E-state index contributed by atoms with van der Waals surface area (Å²) in [6.45, 7) is 7.13. The Morgan fingerprint density at radius 1 is 1.21 bits per heavy atom. The number of rotatable bonds is 9. The van der Waals surface area contributed by atoms with E-state index in [1.807, 2.05) is 24.4 Å². The average molecular weight is 591 g/mol. The van der Waals surface area contributed by atoms with Crippen molar-refractivity contribution in [2.24, 2.45) is 22.7 Å². The minimum absolute atomic E-state index is 0.0111. The maximum atomic E-state index is 14.2. The first-order valence-corrected chi connectivity index (χ1v) is 14.7. The number of Topliss-reactive ketones (excluding diaryl/α,β-unsaturated/α-hetero) is 1. The first-order chi connectivity index (χ1) is 18.6. The number of nitrogens with zero attached hydrogens (tertiary/aromatic N) is 1. The quantitative estimate of drug-likeness (QED) is 0.0593. The molecule has 2 aromatic rings. The largest absolute Gasteiger partial charge is 0.494 e. The Labute approximate surface area is 245 Å². The second-order valence-electron chi connectivity index (χ2n) is 11.8. The molecule has 39 heavy (non-hydrogen) atoms. The van der Waals surface area contributed by atoms with Gasteiger partial charge in [-0.2, -0.15) is 4.28 Å². The van der Waals surface area contributed by atoms with Crippen molar-refractivity contribution in [3.8, 4) is 5.75 Å². The molecule has 3 saturated carbocycles. The Hall–Kier alpha value is -2.22. The summed E-state index contributed by atoms with van der Waals surface area (Å²) in [5.41, 5.74) is 2.46. The van der Waals surface area contributed by atoms with Crippen LogP contribution in [0.5, 0.6) is 5.75 Å². The average Bonchev–Trinajstić information content (AvgIpc) is 2.91. The summed E-state index contributed by atoms with van der Waals surface area (Å²) in [7, 11) is 0. The fourth-order valence-corrected chi connectivity index (χ4v) is 7.40. The van der Waals surface area contributed by atoms with Crippen LogP contribution in [-0.4, -0.2) is 29.3 Å². The Kier molecular flexibility index (Phi) is 7.97. The van der Waals surface area contributed by atoms with E-state index < -0.39 is 5.41 Å². The number of thiol groups is 1. The highest BCUT2D eigenvalue weighted by Gasteiger charge is 2.62. The molecule has 9 heteroatoms. The van der Waals surface area contributed by atoms with Gasteiger partial charge in [0, 0.05) is 34.7 Å². The van der Waals surface area contributed by atoms with Crippen molar-refractivity contribution in [2.45, 2.75) is 65.7 Å². The number of hydrogen-bond donors (Lipinski definition) is 2. The van der Waals surface area contributed by atoms with Crippen molar-refractivity contribution in [1.82, 2.24) is 0 Å². The zero-order chi connectivity index (χ0) is 27.9. The number of halogens is 2. The molecule has 1 aliphatic heterocycles. The lowest BCUT2D eigenvalue weighted by atomic mass is 9.40. The van der Waals surface area contributed by atoms with Crippen LogP contribution < -0.4 is 10.1 Å². The normalized spacial score (nSPS) is 25.3. The summed E-state index contributed by atoms with van der Waals surface area (Å²) in [6.07, 6.45) is 7.31. The van der Waals surface area contributed by atoms with Gasteiger partial charge in [-0.15, -0.1) is 0 Å². The molecule has 3 unspecified atom stereocenters. The fourth-order valence-electron chi connectivity index (χ4n) is 6.84. The summed E-state index contributed by atoms with van der Waals surface area (Å²) in [6, 6.07) is 9.16. The van der Waals surface area contributed by atoms with Gasteiger partial charge in [-0.3, -0.25) is 9.59 Å². The van der Waals surface area contributed by atoms with E-state index in [1.54, 1.807) is 12.1 Å². The standard InChI is InChI=1S/C30H34Cl2N2O4S/c1-29(2)19-12-13-30(3,24(29)17-19)28(36)26-23(10-8-21(31)27(26)32)34(38-39)14-4-5-15-37-20-7-9-22-18(16-20)6-11-25(35)33-22/h7-10,14,16,19,24H,4-6,11-13,15,17H2,1-3H3,(H-,33,35,39)/p+1. The second-order valence-corrected chi connectivity index (χ2v) is 12.7. The van der Waals surface area contributed by atoms with Crippen LogP contribution >= 0.6 is 36.1 Å². The molecule has 208 valence electrons. The number of anilines is 1. The van der Waals surface area contributed by atoms with Gasteiger partial charge in [0.2, 0.25) is 12.1 Å². The van der Waals surface area contributed by atoms with Gasteiger partial charge in [-0.25, -0.2) is 0 Å². The first kappa shape index (κ1) is 28.3. The molecule has 4 aliphatic rings. The predicted molar refractivity (Wildman–Crippen MR) is 158 cm³/mol. The summed E-state index contributed by atoms with van der Waals surface area (Å²) < 4.78 is 12.8. The van der Waals surface area contributed by atoms with Crippen LogP contribution in [0.4, 0.5) is 11.4 Å². The topological polar surface area (TPSA) is 67.6 Å². The van der Waals surface area contributed by atoms with Gasteiger partial charge in [-0.1, -0.05) is 44.0 Å². The van der Waals surface area contributed by atoms with Crippen LogP contribution in [0, 0.1) is 22.7 Å². The molecule has 3 atom stereocenters. The van der Waals surface area contributed by atoms with E-state index in [-0.39, 0.29) is 22.1 Å². The van der Waals surface area contributed by atoms with E-state index in [9.17, 15) is 9.59 Å². The molecule has 1 amide bonds. The third kappa shape index (κ3) is 5.18. The van der Waals surface area contributed by atoms with Crippen LogP contribution in [0.1, 0.15) is 75.2 Å². The fraction of sp³-hybridized carbons (Fsp3) is 0.500. The number of hydrogen-bond acceptors (Lipinski definition) is 5. The van der Waals surface area contributed by atoms with Crippen LogP contribution in [0.2, 0.25) is 10.0 Å². The molecule has 2 aromatic carbocycles. The molecule has 1 heterocycles. The van der Waals surface area contributed by atoms with Gasteiger partial charge >= 0.3 is 0 Å². The Bertz CT molecular complexity index is 1340. The third-order valence-electron chi connectivity index (χ3n) is 9.28. The molecule has 3 fully saturated rings. The van der Waals surface area contributed by atoms with Gasteiger partial charge in [0.25, 0.3) is 5.69 Å². The number of carbonyl (C=O) groups is 2. The molecule has 2 bridgehead atoms. The van der Waals surface area contributed by atoms with Gasteiger partial charge < -0.3 is 10.1 Å². The van der Waals surface area contributed by atoms with Gasteiger partial charge in [-0.05, 0) is 79.2 Å². The predicted octanol–water partition coefficient (Wildman–Crippen LogP) is 7.87. The molecule has 0 saturated heterocycles. The number of carbonyl (C=O) groups excluding carboxylic acids is 2. The van der Waals surface area contributed by atoms with Gasteiger partial charge in [0.1, 0.15) is 24.2 Å². The van der Waals surface area contributed by atoms with E-state index in [0.29, 0.717) is 60.4 Å². The molecule has 0 aromatic heterocycles. The van der Waals surface area contributed by atoms with E-state index in [2.05, 4.69) is 39.0 Å². The Balaban J connectivity index is 1.30. The maximum Gasteiger partial charge on any atom is 0.270 e. The zero-order valence-corrected chi connectivity index (χ0v) is 25.0. The first-order valence-electron chi connectivity index (χ1n) is 13.6. The van der Waals surface area contributed by atoms with Crippen molar-refractivity contribution >= 4 is 65.4 Å². The van der Waals surface area contributed by atoms with Crippen molar-refractivity contribution in [3.05, 3.63) is 51.5 Å². The number of unbranched alkanes of at least 4 members (excludes halogenated alkanes) is 1. The number of ketones is 1. The number of ether oxygens (including phenoxy) is 1. The third-order valence-corrected chi connectivity index (χ3v) is 10.3. The smallest absolute Gasteiger partial charge is 0.270 e. The summed E-state index contributed by atoms with van der Waals surface area (Å²) >= 11 is 17.2. The van der Waals surface area contributed by atoms with Crippen LogP contribution in [0.3, 0.4) is 0 Å². The molecule has 0 radical (unpaired) electrons. The number of aryl methyl sites for hydroxylation is 1. The van der Waals surface area contributed by atoms with E-state index in [1.165, 1.54) is 4.74 Å². The number of amides is 1. The highest BCUT2D eigenvalue weighted by atomic mass is 35.5. The molecular weight excluding hydrogens is 555 g/mol. The molecule has 1 N–H and O–H groups in total. The van der Waals surface area contributed by atoms with Crippen molar-refractivity contribution < 1.29 is 23.3 Å². The van der Waals surface area contributed by atoms with Crippen molar-refractivity contribution in [3.63, 3.8) is 0 Å². The SMILES string of the molecule is CC1(C(=O)c2c([N+](=CCCCOc3ccc4c(c3)CCC(=O)N4)OS)ccc(Cl)c2Cl)CCC2CC1C2(C)C. The summed E-state index contributed by atoms with van der Waals surface area (Å²) in [5, 5.41) is 3.47. The Morgan fingerprint density at radius 3 is 2.72 bits per heavy atom. The minimum atomic E-state index is -0.519. The molecule has 6 rings (SSSR count). The minimum Gasteiger partial charge on any atom is -0.494 e. The maximum absolute atomic E-state index is 14.2. The van der Waals surface area contributed by atoms with E-state index >= 15 is 0 Å². The summed E-state index contributed by atoms with van der Waals surface area (Å²) in [5.74, 6) is 1.80. The molecular formula is C30H35Cl2N2O4S+. The highest BCUT2D eigenvalue weighted by Crippen LogP contribution is 2.67. The van der Waals surface area contributed by atoms with E-state index in [4.69, 9.17) is 32.2 Å². The van der Waals surface area contributed by atoms with Gasteiger partial charge in [0.05, 0.1) is 16.7 Å². The number of fused-ring (bicyclic) bond motifs is 3. The monoisotopic (exact) mass is 589 g/mol. The van der Waals surface area contributed by atoms with Crippen molar-refractivity contribution in [2.75, 3.05) is 11.9 Å². The molecule has 0 spiro atoms. The van der Waals surface area contributed by atoms with Crippen molar-refractivity contribution in [1.29, 1.82) is 0 Å². The lowest BCUT2D eigenvalue weighted by Crippen LogP contribution is -2.59. The highest BCUT2D eigenvalue weighted by molar-refractivity contribution is 7.74. The second kappa shape index (κ2) is 11.0. The zero-order valence-electron chi connectivity index (χ0n) is 22.6. The van der Waals surface area contributed by atoms with Crippen LogP contribution in [0.25, 0.3) is 0 Å².